The normalized spacial score (nSPS) is 11.2. The Bertz CT molecular complexity index is 1320. The van der Waals surface area contributed by atoms with E-state index in [-0.39, 0.29) is 17.5 Å². The number of aromatic nitrogens is 6. The highest BCUT2D eigenvalue weighted by molar-refractivity contribution is 5.93. The Labute approximate surface area is 172 Å². The van der Waals surface area contributed by atoms with E-state index in [1.807, 2.05) is 37.5 Å². The molecular weight excluding hydrogens is 382 g/mol. The van der Waals surface area contributed by atoms with E-state index in [1.165, 1.54) is 17.8 Å². The highest BCUT2D eigenvalue weighted by Crippen LogP contribution is 2.22. The molecule has 0 spiro atoms. The fraction of sp³-hybridized carbons (Fsp3) is 0.238. The zero-order valence-corrected chi connectivity index (χ0v) is 17.1. The summed E-state index contributed by atoms with van der Waals surface area (Å²) in [7, 11) is 0. The zero-order chi connectivity index (χ0) is 21.4. The van der Waals surface area contributed by atoms with E-state index in [0.717, 1.165) is 5.56 Å². The quantitative estimate of drug-likeness (QED) is 0.561. The van der Waals surface area contributed by atoms with E-state index in [1.54, 1.807) is 24.5 Å². The van der Waals surface area contributed by atoms with Gasteiger partial charge in [0, 0.05) is 18.7 Å². The lowest BCUT2D eigenvalue weighted by atomic mass is 10.1. The van der Waals surface area contributed by atoms with Crippen LogP contribution in [0.5, 0.6) is 0 Å². The van der Waals surface area contributed by atoms with Crippen molar-refractivity contribution < 1.29 is 4.79 Å². The molecule has 3 aromatic heterocycles. The van der Waals surface area contributed by atoms with Crippen molar-refractivity contribution in [1.29, 1.82) is 0 Å². The second kappa shape index (κ2) is 7.51. The second-order valence-electron chi connectivity index (χ2n) is 7.32. The summed E-state index contributed by atoms with van der Waals surface area (Å²) < 4.78 is 3.30. The van der Waals surface area contributed by atoms with Crippen LogP contribution >= 0.6 is 0 Å². The van der Waals surface area contributed by atoms with Crippen molar-refractivity contribution in [3.63, 3.8) is 0 Å². The van der Waals surface area contributed by atoms with Crippen LogP contribution in [-0.2, 0) is 4.79 Å². The molecular formula is C21H21N7O2. The van der Waals surface area contributed by atoms with Crippen molar-refractivity contribution in [2.75, 3.05) is 5.32 Å². The van der Waals surface area contributed by atoms with Crippen LogP contribution in [0.2, 0.25) is 0 Å². The van der Waals surface area contributed by atoms with E-state index < -0.39 is 0 Å². The van der Waals surface area contributed by atoms with Crippen LogP contribution in [0.3, 0.4) is 0 Å². The molecule has 0 aliphatic carbocycles. The van der Waals surface area contributed by atoms with Gasteiger partial charge >= 0.3 is 0 Å². The van der Waals surface area contributed by atoms with Crippen LogP contribution in [0.15, 0.2) is 47.8 Å². The number of nitrogens with one attached hydrogen (secondary N) is 1. The fourth-order valence-corrected chi connectivity index (χ4v) is 3.25. The van der Waals surface area contributed by atoms with Gasteiger partial charge in [-0.05, 0) is 50.6 Å². The number of hydrogen-bond acceptors (Lipinski definition) is 6. The highest BCUT2D eigenvalue weighted by Gasteiger charge is 2.14. The van der Waals surface area contributed by atoms with Crippen molar-refractivity contribution in [3.8, 4) is 17.3 Å². The first kappa shape index (κ1) is 19.4. The van der Waals surface area contributed by atoms with Gasteiger partial charge in [0.15, 0.2) is 5.82 Å². The number of carbonyl (C=O) groups excluding carboxylic acids is 1. The van der Waals surface area contributed by atoms with Gasteiger partial charge in [-0.3, -0.25) is 14.2 Å². The van der Waals surface area contributed by atoms with Gasteiger partial charge in [-0.1, -0.05) is 6.07 Å². The van der Waals surface area contributed by atoms with Crippen LogP contribution in [-0.4, -0.2) is 35.2 Å². The largest absolute Gasteiger partial charge is 0.326 e. The Morgan fingerprint density at radius 1 is 1.17 bits per heavy atom. The molecule has 0 saturated carbocycles. The minimum absolute atomic E-state index is 0.168. The molecule has 9 heteroatoms. The molecule has 0 aliphatic rings. The monoisotopic (exact) mass is 403 g/mol. The van der Waals surface area contributed by atoms with E-state index in [0.29, 0.717) is 33.9 Å². The molecule has 1 N–H and O–H groups in total. The van der Waals surface area contributed by atoms with Crippen molar-refractivity contribution in [2.24, 2.45) is 0 Å². The predicted molar refractivity (Wildman–Crippen MR) is 114 cm³/mol. The van der Waals surface area contributed by atoms with Gasteiger partial charge in [0.2, 0.25) is 5.91 Å². The SMILES string of the molecule is CC(=O)Nc1cc2c(=O)n(-c3cccc(-c4nncn4C(C)C)n3)cnc2cc1C. The van der Waals surface area contributed by atoms with Crippen LogP contribution in [0.25, 0.3) is 28.2 Å². The van der Waals surface area contributed by atoms with E-state index in [2.05, 4.69) is 25.5 Å². The van der Waals surface area contributed by atoms with Crippen LogP contribution < -0.4 is 10.9 Å². The molecule has 0 fully saturated rings. The standard InChI is InChI=1S/C21H21N7O2/c1-12(2)27-11-23-26-20(27)16-6-5-7-19(25-16)28-10-22-18-8-13(3)17(24-14(4)29)9-15(18)21(28)30/h5-12H,1-4H3,(H,24,29). The summed E-state index contributed by atoms with van der Waals surface area (Å²) in [6.45, 7) is 7.34. The van der Waals surface area contributed by atoms with Crippen LogP contribution in [0, 0.1) is 6.92 Å². The molecule has 152 valence electrons. The van der Waals surface area contributed by atoms with Crippen molar-refractivity contribution in [1.82, 2.24) is 29.3 Å². The third kappa shape index (κ3) is 3.45. The van der Waals surface area contributed by atoms with E-state index >= 15 is 0 Å². The number of rotatable bonds is 4. The maximum atomic E-state index is 13.2. The molecule has 3 heterocycles. The topological polar surface area (TPSA) is 108 Å². The first-order chi connectivity index (χ1) is 14.3. The number of carbonyl (C=O) groups is 1. The number of benzene rings is 1. The molecule has 1 amide bonds. The first-order valence-electron chi connectivity index (χ1n) is 9.52. The third-order valence-corrected chi connectivity index (χ3v) is 4.75. The van der Waals surface area contributed by atoms with Crippen molar-refractivity contribution in [3.05, 3.63) is 58.9 Å². The lowest BCUT2D eigenvalue weighted by Crippen LogP contribution is -2.20. The molecule has 1 aromatic carbocycles. The van der Waals surface area contributed by atoms with Gasteiger partial charge in [0.1, 0.15) is 24.2 Å². The minimum Gasteiger partial charge on any atom is -0.326 e. The average Bonchev–Trinajstić information content (AvgIpc) is 3.19. The van der Waals surface area contributed by atoms with Gasteiger partial charge in [-0.2, -0.15) is 0 Å². The maximum Gasteiger partial charge on any atom is 0.267 e. The highest BCUT2D eigenvalue weighted by atomic mass is 16.1. The smallest absolute Gasteiger partial charge is 0.267 e. The summed E-state index contributed by atoms with van der Waals surface area (Å²) in [5.41, 5.74) is 2.29. The van der Waals surface area contributed by atoms with Gasteiger partial charge in [0.25, 0.3) is 5.56 Å². The number of amides is 1. The Morgan fingerprint density at radius 3 is 2.70 bits per heavy atom. The predicted octanol–water partition coefficient (Wildman–Crippen LogP) is 2.89. The van der Waals surface area contributed by atoms with Crippen LogP contribution in [0.1, 0.15) is 32.4 Å². The number of nitrogens with zero attached hydrogens (tertiary/aromatic N) is 6. The molecule has 30 heavy (non-hydrogen) atoms. The van der Waals surface area contributed by atoms with Gasteiger partial charge in [-0.15, -0.1) is 10.2 Å². The fourth-order valence-electron chi connectivity index (χ4n) is 3.25. The molecule has 0 aliphatic heterocycles. The van der Waals surface area contributed by atoms with Crippen LogP contribution in [0.4, 0.5) is 5.69 Å². The molecule has 0 radical (unpaired) electrons. The van der Waals surface area contributed by atoms with Crippen molar-refractivity contribution >= 4 is 22.5 Å². The lowest BCUT2D eigenvalue weighted by Gasteiger charge is -2.12. The molecule has 0 unspecified atom stereocenters. The molecule has 0 atom stereocenters. The number of hydrogen-bond donors (Lipinski definition) is 1. The van der Waals surface area contributed by atoms with E-state index in [9.17, 15) is 9.59 Å². The summed E-state index contributed by atoms with van der Waals surface area (Å²) in [6, 6.07) is 8.96. The molecule has 0 saturated heterocycles. The minimum atomic E-state index is -0.276. The second-order valence-corrected chi connectivity index (χ2v) is 7.32. The van der Waals surface area contributed by atoms with Crippen molar-refractivity contribution in [2.45, 2.75) is 33.7 Å². The number of anilines is 1. The summed E-state index contributed by atoms with van der Waals surface area (Å²) >= 11 is 0. The number of pyridine rings is 1. The van der Waals surface area contributed by atoms with E-state index in [4.69, 9.17) is 0 Å². The number of aryl methyl sites for hydroxylation is 1. The average molecular weight is 403 g/mol. The van der Waals surface area contributed by atoms with Gasteiger partial charge in [0.05, 0.1) is 10.9 Å². The lowest BCUT2D eigenvalue weighted by molar-refractivity contribution is -0.114. The maximum absolute atomic E-state index is 13.2. The molecule has 4 rings (SSSR count). The number of fused-ring (bicyclic) bond motifs is 1. The van der Waals surface area contributed by atoms with Gasteiger partial charge < -0.3 is 9.88 Å². The Balaban J connectivity index is 1.85. The molecule has 4 aromatic rings. The molecule has 9 nitrogen and oxygen atoms in total. The summed E-state index contributed by atoms with van der Waals surface area (Å²) in [6.07, 6.45) is 3.12. The summed E-state index contributed by atoms with van der Waals surface area (Å²) in [5, 5.41) is 11.3. The third-order valence-electron chi connectivity index (χ3n) is 4.75. The summed E-state index contributed by atoms with van der Waals surface area (Å²) in [4.78, 5) is 33.7. The Morgan fingerprint density at radius 2 is 1.97 bits per heavy atom. The Hall–Kier alpha value is -3.88. The summed E-state index contributed by atoms with van der Waals surface area (Å²) in [5.74, 6) is 0.842. The zero-order valence-electron chi connectivity index (χ0n) is 17.1. The Kier molecular flexibility index (Phi) is 4.86. The molecule has 0 bridgehead atoms. The van der Waals surface area contributed by atoms with Gasteiger partial charge in [-0.25, -0.2) is 9.97 Å². The first-order valence-corrected chi connectivity index (χ1v) is 9.52.